The second kappa shape index (κ2) is 7.78. The van der Waals surface area contributed by atoms with Crippen molar-refractivity contribution in [3.8, 4) is 0 Å². The van der Waals surface area contributed by atoms with Crippen LogP contribution < -0.4 is 0 Å². The molecule has 0 spiro atoms. The van der Waals surface area contributed by atoms with E-state index in [-0.39, 0.29) is 24.8 Å². The predicted molar refractivity (Wildman–Crippen MR) is 117 cm³/mol. The molecule has 4 aliphatic rings. The standard InChI is InChI=1S/C25H33FO8/c1-5-18(31)34-21-15-9-13(28)6-7-22(15,3)24(26)16(29)10-23(4)14(19(24)20(21)32)8-12(2)25(23,33)17(30)11-27/h6-7,9,12,14,16,19-21,27,29,32-33H,5,8,10-11H2,1-4H3/t12-,14+,16+,19-,20-,21+,22+,23+,24-,25+/m1/s1. The van der Waals surface area contributed by atoms with Crippen LogP contribution in [0, 0.1) is 28.6 Å². The topological polar surface area (TPSA) is 141 Å². The molecule has 3 fully saturated rings. The van der Waals surface area contributed by atoms with Gasteiger partial charge in [0.15, 0.2) is 23.3 Å². The first-order valence-electron chi connectivity index (χ1n) is 11.8. The van der Waals surface area contributed by atoms with Crippen molar-refractivity contribution in [2.24, 2.45) is 28.6 Å². The van der Waals surface area contributed by atoms with Crippen LogP contribution in [0.4, 0.5) is 4.39 Å². The first kappa shape index (κ1) is 25.2. The van der Waals surface area contributed by atoms with Crippen LogP contribution in [0.2, 0.25) is 0 Å². The minimum atomic E-state index is -2.48. The summed E-state index contributed by atoms with van der Waals surface area (Å²) < 4.78 is 22.9. The van der Waals surface area contributed by atoms with Crippen LogP contribution in [0.25, 0.3) is 0 Å². The number of ether oxygens (including phenoxy) is 1. The normalized spacial score (nSPS) is 49.6. The number of allylic oxidation sites excluding steroid dienone is 3. The summed E-state index contributed by atoms with van der Waals surface area (Å²) in [5.74, 6) is -4.73. The number of rotatable bonds is 4. The van der Waals surface area contributed by atoms with E-state index in [9.17, 15) is 34.8 Å². The maximum absolute atomic E-state index is 17.4. The lowest BCUT2D eigenvalue weighted by molar-refractivity contribution is -0.254. The molecule has 0 aromatic heterocycles. The number of hydrogen-bond donors (Lipinski definition) is 4. The van der Waals surface area contributed by atoms with Crippen molar-refractivity contribution in [3.63, 3.8) is 0 Å². The van der Waals surface area contributed by atoms with Crippen molar-refractivity contribution < 1.29 is 43.9 Å². The number of fused-ring (bicyclic) bond motifs is 5. The third-order valence-corrected chi connectivity index (χ3v) is 9.41. The Morgan fingerprint density at radius 3 is 2.50 bits per heavy atom. The highest BCUT2D eigenvalue weighted by molar-refractivity contribution is 6.01. The molecule has 4 rings (SSSR count). The highest BCUT2D eigenvalue weighted by Crippen LogP contribution is 2.70. The SMILES string of the molecule is CCC(=O)O[C@H]1C2=CC(=O)C=C[C@]2(C)[C@]2(F)[C@@H]([C@H]1O)[C@@H]1C[C@@H](C)[C@](O)(C(=O)CO)[C@@]1(C)C[C@@H]2O. The maximum atomic E-state index is 17.4. The minimum Gasteiger partial charge on any atom is -0.455 e. The molecule has 0 radical (unpaired) electrons. The lowest BCUT2D eigenvalue weighted by Gasteiger charge is -2.64. The highest BCUT2D eigenvalue weighted by atomic mass is 19.1. The number of halogens is 1. The van der Waals surface area contributed by atoms with Gasteiger partial charge < -0.3 is 25.2 Å². The van der Waals surface area contributed by atoms with Crippen LogP contribution in [0.15, 0.2) is 23.8 Å². The lowest BCUT2D eigenvalue weighted by Crippen LogP contribution is -2.74. The van der Waals surface area contributed by atoms with Crippen molar-refractivity contribution >= 4 is 17.5 Å². The fourth-order valence-electron chi connectivity index (χ4n) is 7.62. The van der Waals surface area contributed by atoms with Gasteiger partial charge in [-0.05, 0) is 49.3 Å². The van der Waals surface area contributed by atoms with E-state index >= 15 is 4.39 Å². The Labute approximate surface area is 197 Å². The first-order chi connectivity index (χ1) is 15.7. The number of aliphatic hydroxyl groups excluding tert-OH is 3. The number of ketones is 2. The molecule has 0 heterocycles. The number of alkyl halides is 1. The Hall–Kier alpha value is -1.94. The number of aliphatic hydroxyl groups is 4. The Balaban J connectivity index is 1.93. The number of carbonyl (C=O) groups is 3. The van der Waals surface area contributed by atoms with Gasteiger partial charge in [-0.1, -0.05) is 26.8 Å². The van der Waals surface area contributed by atoms with Gasteiger partial charge in [-0.25, -0.2) is 4.39 Å². The molecule has 10 atom stereocenters. The number of hydrogen-bond acceptors (Lipinski definition) is 8. The predicted octanol–water partition coefficient (Wildman–Crippen LogP) is 0.798. The molecule has 34 heavy (non-hydrogen) atoms. The molecule has 4 N–H and O–H groups in total. The van der Waals surface area contributed by atoms with E-state index in [2.05, 4.69) is 0 Å². The van der Waals surface area contributed by atoms with Gasteiger partial charge in [0, 0.05) is 23.2 Å². The Morgan fingerprint density at radius 2 is 1.91 bits per heavy atom. The van der Waals surface area contributed by atoms with Crippen molar-refractivity contribution in [3.05, 3.63) is 23.8 Å². The molecule has 3 saturated carbocycles. The van der Waals surface area contributed by atoms with Gasteiger partial charge in [0.1, 0.15) is 18.3 Å². The Morgan fingerprint density at radius 1 is 1.26 bits per heavy atom. The van der Waals surface area contributed by atoms with Crippen molar-refractivity contribution in [1.82, 2.24) is 0 Å². The quantitative estimate of drug-likeness (QED) is 0.433. The van der Waals surface area contributed by atoms with Gasteiger partial charge >= 0.3 is 5.97 Å². The first-order valence-corrected chi connectivity index (χ1v) is 11.8. The van der Waals surface area contributed by atoms with Crippen LogP contribution in [-0.4, -0.2) is 74.2 Å². The molecule has 0 aromatic carbocycles. The molecule has 0 bridgehead atoms. The summed E-state index contributed by atoms with van der Waals surface area (Å²) in [7, 11) is 0. The second-order valence-electron chi connectivity index (χ2n) is 10.8. The summed E-state index contributed by atoms with van der Waals surface area (Å²) in [4.78, 5) is 37.2. The van der Waals surface area contributed by atoms with Crippen LogP contribution in [0.5, 0.6) is 0 Å². The Kier molecular flexibility index (Phi) is 5.76. The molecular formula is C25H33FO8. The van der Waals surface area contributed by atoms with Crippen LogP contribution in [0.3, 0.4) is 0 Å². The molecule has 4 aliphatic carbocycles. The third-order valence-electron chi connectivity index (χ3n) is 9.41. The van der Waals surface area contributed by atoms with Gasteiger partial charge in [-0.2, -0.15) is 0 Å². The van der Waals surface area contributed by atoms with E-state index in [1.807, 2.05) is 0 Å². The zero-order valence-corrected chi connectivity index (χ0v) is 19.8. The van der Waals surface area contributed by atoms with Gasteiger partial charge in [0.25, 0.3) is 0 Å². The van der Waals surface area contributed by atoms with Gasteiger partial charge in [0.2, 0.25) is 0 Å². The number of Topliss-reactive ketones (excluding diaryl/α,β-unsaturated/α-hetero) is 1. The van der Waals surface area contributed by atoms with E-state index in [1.165, 1.54) is 19.1 Å². The van der Waals surface area contributed by atoms with Crippen LogP contribution in [0.1, 0.15) is 47.0 Å². The zero-order chi connectivity index (χ0) is 25.4. The Bertz CT molecular complexity index is 991. The molecule has 188 valence electrons. The number of esters is 1. The summed E-state index contributed by atoms with van der Waals surface area (Å²) in [5, 5.41) is 44.0. The summed E-state index contributed by atoms with van der Waals surface area (Å²) in [5.41, 5.74) is -7.40. The smallest absolute Gasteiger partial charge is 0.306 e. The monoisotopic (exact) mass is 480 g/mol. The average Bonchev–Trinajstić information content (AvgIpc) is 2.99. The van der Waals surface area contributed by atoms with Gasteiger partial charge in [-0.3, -0.25) is 14.4 Å². The fourth-order valence-corrected chi connectivity index (χ4v) is 7.62. The molecular weight excluding hydrogens is 447 g/mol. The van der Waals surface area contributed by atoms with Crippen LogP contribution in [-0.2, 0) is 19.1 Å². The van der Waals surface area contributed by atoms with E-state index < -0.39 is 82.3 Å². The summed E-state index contributed by atoms with van der Waals surface area (Å²) in [6.45, 7) is 5.35. The van der Waals surface area contributed by atoms with Crippen molar-refractivity contribution in [1.29, 1.82) is 0 Å². The molecule has 0 unspecified atom stereocenters. The second-order valence-corrected chi connectivity index (χ2v) is 10.8. The minimum absolute atomic E-state index is 0.00596. The van der Waals surface area contributed by atoms with Crippen molar-refractivity contribution in [2.75, 3.05) is 6.61 Å². The van der Waals surface area contributed by atoms with E-state index in [1.54, 1.807) is 20.8 Å². The van der Waals surface area contributed by atoms with Crippen molar-refractivity contribution in [2.45, 2.75) is 76.5 Å². The summed E-state index contributed by atoms with van der Waals surface area (Å²) in [6, 6.07) is 0. The molecule has 9 heteroatoms. The summed E-state index contributed by atoms with van der Waals surface area (Å²) >= 11 is 0. The molecule has 0 aromatic rings. The largest absolute Gasteiger partial charge is 0.455 e. The van der Waals surface area contributed by atoms with E-state index in [0.717, 1.165) is 6.08 Å². The molecule has 8 nitrogen and oxygen atoms in total. The van der Waals surface area contributed by atoms with E-state index in [0.29, 0.717) is 0 Å². The maximum Gasteiger partial charge on any atom is 0.306 e. The molecule has 0 saturated heterocycles. The summed E-state index contributed by atoms with van der Waals surface area (Å²) in [6.07, 6.45) is -1.17. The van der Waals surface area contributed by atoms with Gasteiger partial charge in [0.05, 0.1) is 6.10 Å². The van der Waals surface area contributed by atoms with Crippen LogP contribution >= 0.6 is 0 Å². The van der Waals surface area contributed by atoms with E-state index in [4.69, 9.17) is 4.74 Å². The third kappa shape index (κ3) is 2.81. The number of carbonyl (C=O) groups excluding carboxylic acids is 3. The highest BCUT2D eigenvalue weighted by Gasteiger charge is 2.78. The lowest BCUT2D eigenvalue weighted by atomic mass is 9.43. The average molecular weight is 481 g/mol. The zero-order valence-electron chi connectivity index (χ0n) is 19.8. The molecule has 0 aliphatic heterocycles. The van der Waals surface area contributed by atoms with Gasteiger partial charge in [-0.15, -0.1) is 0 Å². The molecule has 0 amide bonds. The fraction of sp³-hybridized carbons (Fsp3) is 0.720.